The van der Waals surface area contributed by atoms with Crippen LogP contribution in [0.15, 0.2) is 48.8 Å². The fraction of sp³-hybridized carbons (Fsp3) is 0.500. The van der Waals surface area contributed by atoms with Gasteiger partial charge in [-0.15, -0.1) is 0 Å². The Kier molecular flexibility index (Phi) is 4.83. The van der Waals surface area contributed by atoms with Crippen LogP contribution in [0.4, 0.5) is 0 Å². The van der Waals surface area contributed by atoms with Crippen molar-refractivity contribution >= 4 is 5.91 Å². The SMILES string of the molecule is O=C([C@H]1CC[C@H](c2ccccc2)N1)N1CCC(Cn2cccn2)CC1. The lowest BCUT2D eigenvalue weighted by molar-refractivity contribution is -0.134. The summed E-state index contributed by atoms with van der Waals surface area (Å²) in [5.74, 6) is 0.911. The molecule has 0 unspecified atom stereocenters. The molecule has 25 heavy (non-hydrogen) atoms. The van der Waals surface area contributed by atoms with E-state index in [2.05, 4.69) is 39.6 Å². The molecule has 4 rings (SSSR count). The molecule has 1 amide bonds. The Balaban J connectivity index is 1.28. The van der Waals surface area contributed by atoms with Crippen molar-refractivity contribution in [2.75, 3.05) is 13.1 Å². The van der Waals surface area contributed by atoms with Crippen molar-refractivity contribution in [1.82, 2.24) is 20.0 Å². The van der Waals surface area contributed by atoms with Crippen LogP contribution in [-0.4, -0.2) is 39.7 Å². The molecule has 2 aliphatic rings. The zero-order chi connectivity index (χ0) is 17.1. The monoisotopic (exact) mass is 338 g/mol. The molecule has 2 saturated heterocycles. The minimum absolute atomic E-state index is 0.0205. The number of rotatable bonds is 4. The summed E-state index contributed by atoms with van der Waals surface area (Å²) in [4.78, 5) is 14.9. The van der Waals surface area contributed by atoms with E-state index in [0.717, 1.165) is 45.3 Å². The van der Waals surface area contributed by atoms with Gasteiger partial charge in [-0.3, -0.25) is 14.8 Å². The fourth-order valence-corrected chi connectivity index (χ4v) is 4.12. The van der Waals surface area contributed by atoms with Gasteiger partial charge in [-0.1, -0.05) is 30.3 Å². The van der Waals surface area contributed by atoms with Crippen LogP contribution in [0.5, 0.6) is 0 Å². The van der Waals surface area contributed by atoms with Gasteiger partial charge in [-0.05, 0) is 43.2 Å². The van der Waals surface area contributed by atoms with Crippen LogP contribution in [0, 0.1) is 5.92 Å². The van der Waals surface area contributed by atoms with Crippen molar-refractivity contribution in [2.45, 2.75) is 44.3 Å². The normalized spacial score (nSPS) is 24.6. The Hall–Kier alpha value is -2.14. The molecule has 0 bridgehead atoms. The van der Waals surface area contributed by atoms with Crippen LogP contribution in [0.2, 0.25) is 0 Å². The van der Waals surface area contributed by atoms with Crippen LogP contribution < -0.4 is 5.32 Å². The molecule has 5 heteroatoms. The maximum atomic E-state index is 12.8. The second kappa shape index (κ2) is 7.40. The molecule has 0 spiro atoms. The molecule has 1 N–H and O–H groups in total. The number of hydrogen-bond acceptors (Lipinski definition) is 3. The number of aromatic nitrogens is 2. The number of benzene rings is 1. The van der Waals surface area contributed by atoms with Crippen LogP contribution >= 0.6 is 0 Å². The molecule has 5 nitrogen and oxygen atoms in total. The molecule has 2 aliphatic heterocycles. The minimum atomic E-state index is -0.0205. The van der Waals surface area contributed by atoms with Gasteiger partial charge in [0.2, 0.25) is 5.91 Å². The third-order valence-electron chi connectivity index (χ3n) is 5.58. The van der Waals surface area contributed by atoms with E-state index in [0.29, 0.717) is 12.0 Å². The molecule has 1 aromatic carbocycles. The van der Waals surface area contributed by atoms with E-state index >= 15 is 0 Å². The number of nitrogens with zero attached hydrogens (tertiary/aromatic N) is 3. The van der Waals surface area contributed by atoms with E-state index in [1.54, 1.807) is 0 Å². The Morgan fingerprint density at radius 3 is 2.60 bits per heavy atom. The summed E-state index contributed by atoms with van der Waals surface area (Å²) in [5.41, 5.74) is 1.29. The average molecular weight is 338 g/mol. The first-order valence-corrected chi connectivity index (χ1v) is 9.37. The number of nitrogens with one attached hydrogen (secondary N) is 1. The number of hydrogen-bond donors (Lipinski definition) is 1. The Bertz CT molecular complexity index is 677. The summed E-state index contributed by atoms with van der Waals surface area (Å²) >= 11 is 0. The summed E-state index contributed by atoms with van der Waals surface area (Å²) in [6, 6.07) is 12.7. The van der Waals surface area contributed by atoms with Crippen molar-refractivity contribution in [3.8, 4) is 0 Å². The maximum Gasteiger partial charge on any atom is 0.239 e. The van der Waals surface area contributed by atoms with Crippen LogP contribution in [0.25, 0.3) is 0 Å². The zero-order valence-electron chi connectivity index (χ0n) is 14.6. The summed E-state index contributed by atoms with van der Waals surface area (Å²) in [6.07, 6.45) is 7.96. The molecule has 2 atom stereocenters. The third kappa shape index (κ3) is 3.76. The number of carbonyl (C=O) groups excluding carboxylic acids is 1. The molecule has 1 aromatic heterocycles. The highest BCUT2D eigenvalue weighted by molar-refractivity contribution is 5.82. The Labute approximate surface area is 149 Å². The van der Waals surface area contributed by atoms with Crippen LogP contribution in [0.3, 0.4) is 0 Å². The lowest BCUT2D eigenvalue weighted by Gasteiger charge is -2.33. The van der Waals surface area contributed by atoms with Gasteiger partial charge in [-0.25, -0.2) is 0 Å². The van der Waals surface area contributed by atoms with Gasteiger partial charge in [0.1, 0.15) is 0 Å². The molecule has 2 fully saturated rings. The average Bonchev–Trinajstić information content (AvgIpc) is 3.34. The summed E-state index contributed by atoms with van der Waals surface area (Å²) in [5, 5.41) is 7.84. The third-order valence-corrected chi connectivity index (χ3v) is 5.58. The summed E-state index contributed by atoms with van der Waals surface area (Å²) < 4.78 is 2.01. The first-order valence-electron chi connectivity index (χ1n) is 9.37. The first-order chi connectivity index (χ1) is 12.3. The van der Waals surface area contributed by atoms with E-state index in [9.17, 15) is 4.79 Å². The quantitative estimate of drug-likeness (QED) is 0.932. The molecule has 0 radical (unpaired) electrons. The van der Waals surface area contributed by atoms with E-state index in [4.69, 9.17) is 0 Å². The Morgan fingerprint density at radius 2 is 1.88 bits per heavy atom. The van der Waals surface area contributed by atoms with Gasteiger partial charge < -0.3 is 4.90 Å². The fourth-order valence-electron chi connectivity index (χ4n) is 4.12. The minimum Gasteiger partial charge on any atom is -0.341 e. The highest BCUT2D eigenvalue weighted by Gasteiger charge is 2.34. The number of likely N-dealkylation sites (tertiary alicyclic amines) is 1. The maximum absolute atomic E-state index is 12.8. The second-order valence-corrected chi connectivity index (χ2v) is 7.26. The zero-order valence-corrected chi connectivity index (χ0v) is 14.6. The number of piperidine rings is 1. The molecule has 2 aromatic rings. The first kappa shape index (κ1) is 16.3. The van der Waals surface area contributed by atoms with Crippen LogP contribution in [-0.2, 0) is 11.3 Å². The molecular weight excluding hydrogens is 312 g/mol. The van der Waals surface area contributed by atoms with Crippen molar-refractivity contribution in [3.05, 3.63) is 54.4 Å². The smallest absolute Gasteiger partial charge is 0.239 e. The topological polar surface area (TPSA) is 50.2 Å². The van der Waals surface area contributed by atoms with E-state index < -0.39 is 0 Å². The van der Waals surface area contributed by atoms with Gasteiger partial charge in [0.15, 0.2) is 0 Å². The largest absolute Gasteiger partial charge is 0.341 e. The van der Waals surface area contributed by atoms with E-state index in [1.165, 1.54) is 5.56 Å². The van der Waals surface area contributed by atoms with Gasteiger partial charge in [0, 0.05) is 38.1 Å². The molecule has 132 valence electrons. The van der Waals surface area contributed by atoms with Crippen molar-refractivity contribution in [2.24, 2.45) is 5.92 Å². The number of amides is 1. The van der Waals surface area contributed by atoms with Crippen molar-refractivity contribution in [1.29, 1.82) is 0 Å². The lowest BCUT2D eigenvalue weighted by Crippen LogP contribution is -2.47. The Morgan fingerprint density at radius 1 is 1.08 bits per heavy atom. The highest BCUT2D eigenvalue weighted by atomic mass is 16.2. The number of carbonyl (C=O) groups is 1. The van der Waals surface area contributed by atoms with E-state index in [-0.39, 0.29) is 11.9 Å². The molecule has 0 saturated carbocycles. The van der Waals surface area contributed by atoms with Gasteiger partial charge in [-0.2, -0.15) is 5.10 Å². The highest BCUT2D eigenvalue weighted by Crippen LogP contribution is 2.28. The molecule has 3 heterocycles. The van der Waals surface area contributed by atoms with Gasteiger partial charge >= 0.3 is 0 Å². The van der Waals surface area contributed by atoms with Crippen LogP contribution in [0.1, 0.15) is 37.3 Å². The summed E-state index contributed by atoms with van der Waals surface area (Å²) in [7, 11) is 0. The predicted octanol–water partition coefficient (Wildman–Crippen LogP) is 2.62. The van der Waals surface area contributed by atoms with E-state index in [1.807, 2.05) is 29.2 Å². The predicted molar refractivity (Wildman–Crippen MR) is 96.9 cm³/mol. The van der Waals surface area contributed by atoms with Crippen molar-refractivity contribution < 1.29 is 4.79 Å². The standard InChI is InChI=1S/C20H26N4O/c25-20(19-8-7-18(22-19)17-5-2-1-3-6-17)23-13-9-16(10-14-23)15-24-12-4-11-21-24/h1-6,11-12,16,18-19,22H,7-10,13-15H2/t18-,19-/m1/s1. The van der Waals surface area contributed by atoms with Crippen molar-refractivity contribution in [3.63, 3.8) is 0 Å². The van der Waals surface area contributed by atoms with Gasteiger partial charge in [0.05, 0.1) is 6.04 Å². The van der Waals surface area contributed by atoms with Gasteiger partial charge in [0.25, 0.3) is 0 Å². The summed E-state index contributed by atoms with van der Waals surface area (Å²) in [6.45, 7) is 2.71. The lowest BCUT2D eigenvalue weighted by atomic mass is 9.96. The second-order valence-electron chi connectivity index (χ2n) is 7.26. The molecular formula is C20H26N4O. The molecule has 0 aliphatic carbocycles.